The Morgan fingerprint density at radius 2 is 0.794 bits per heavy atom. The topological polar surface area (TPSA) is 62.6 Å². The fourth-order valence-corrected chi connectivity index (χ4v) is 9.15. The Hall–Kier alpha value is -6.96. The number of fused-ring (bicyclic) bond motifs is 9. The van der Waals surface area contributed by atoms with Crippen molar-refractivity contribution < 1.29 is 18.9 Å². The van der Waals surface area contributed by atoms with Crippen LogP contribution in [-0.4, -0.2) is 42.6 Å². The lowest BCUT2D eigenvalue weighted by Crippen LogP contribution is -2.11. The van der Waals surface area contributed by atoms with Crippen LogP contribution in [0.25, 0.3) is 65.4 Å². The highest BCUT2D eigenvalue weighted by Crippen LogP contribution is 2.40. The molecule has 0 aliphatic carbocycles. The molecule has 7 heteroatoms. The number of aromatic nitrogens is 3. The minimum absolute atomic E-state index is 0.130. The van der Waals surface area contributed by atoms with Gasteiger partial charge in [0.05, 0.1) is 61.6 Å². The summed E-state index contributed by atoms with van der Waals surface area (Å²) in [7, 11) is 6.83. The highest BCUT2D eigenvalue weighted by molar-refractivity contribution is 6.13. The van der Waals surface area contributed by atoms with Crippen LogP contribution >= 0.6 is 0 Å². The second kappa shape index (κ2) is 15.4. The third-order valence-corrected chi connectivity index (χ3v) is 12.6. The van der Waals surface area contributed by atoms with Crippen molar-refractivity contribution in [3.63, 3.8) is 0 Å². The molecule has 0 fully saturated rings. The molecule has 0 saturated carbocycles. The Kier molecular flexibility index (Phi) is 10.1. The summed E-state index contributed by atoms with van der Waals surface area (Å²) < 4.78 is 27.7. The lowest BCUT2D eigenvalue weighted by atomic mass is 9.83. The van der Waals surface area contributed by atoms with Gasteiger partial charge in [-0.3, -0.25) is 0 Å². The van der Waals surface area contributed by atoms with Crippen molar-refractivity contribution in [3.8, 4) is 46.7 Å². The first-order chi connectivity index (χ1) is 30.2. The minimum Gasteiger partial charge on any atom is -0.497 e. The Morgan fingerprint density at radius 1 is 0.429 bits per heavy atom. The summed E-state index contributed by atoms with van der Waals surface area (Å²) in [5.74, 6) is 17.8. The molecule has 9 aromatic rings. The standard InChI is InChI=1S/C56H55N3O4/c1-13-58-49-21-19-39(60-9)29-43(49)47-31-41(62-11)25-35(53(47)58)17-15-33-23-37(55(3,4)5)27-45-46-28-38(56(6,7)8)24-34(52(46)57-51(33)45)16-18-36-26-42(63-12)32-48-44-30-40(61-10)20-22-50(44)59(14-2)54(36)48/h19-32,57H,13-14H2,1-12H3. The number of methoxy groups -OCH3 is 4. The normalized spacial score (nSPS) is 12.0. The summed E-state index contributed by atoms with van der Waals surface area (Å²) in [5.41, 5.74) is 12.2. The number of ether oxygens (including phenoxy) is 4. The largest absolute Gasteiger partial charge is 0.497 e. The van der Waals surface area contributed by atoms with Crippen LogP contribution in [0.5, 0.6) is 23.0 Å². The molecule has 0 aliphatic heterocycles. The number of nitrogens with one attached hydrogen (secondary N) is 1. The molecular formula is C56H55N3O4. The number of benzene rings is 6. The molecule has 7 nitrogen and oxygen atoms in total. The number of rotatable bonds is 6. The smallest absolute Gasteiger partial charge is 0.120 e. The van der Waals surface area contributed by atoms with Crippen molar-refractivity contribution in [1.82, 2.24) is 14.1 Å². The first kappa shape index (κ1) is 41.4. The molecule has 63 heavy (non-hydrogen) atoms. The summed E-state index contributed by atoms with van der Waals surface area (Å²) in [4.78, 5) is 3.89. The first-order valence-corrected chi connectivity index (χ1v) is 21.7. The predicted octanol–water partition coefficient (Wildman–Crippen LogP) is 13.0. The number of hydrogen-bond donors (Lipinski definition) is 1. The summed E-state index contributed by atoms with van der Waals surface area (Å²) in [6.45, 7) is 19.5. The molecule has 0 atom stereocenters. The van der Waals surface area contributed by atoms with Crippen LogP contribution < -0.4 is 18.9 Å². The molecule has 0 spiro atoms. The second-order valence-corrected chi connectivity index (χ2v) is 18.4. The Labute approximate surface area is 369 Å². The zero-order valence-electron chi connectivity index (χ0n) is 38.5. The van der Waals surface area contributed by atoms with Gasteiger partial charge >= 0.3 is 0 Å². The number of nitrogens with zero attached hydrogens (tertiary/aromatic N) is 2. The maximum absolute atomic E-state index is 5.88. The SMILES string of the molecule is CCn1c2ccc(OC)cc2c2cc(OC)cc(C#Cc3cc(C(C)(C)C)cc4c3[nH]c3c(C#Cc5cc(OC)cc6c7cc(OC)ccc7n(CC)c56)cc(C(C)(C)C)cc34)c21. The van der Waals surface area contributed by atoms with Gasteiger partial charge < -0.3 is 33.1 Å². The van der Waals surface area contributed by atoms with E-state index in [1.54, 1.807) is 28.4 Å². The molecule has 9 rings (SSSR count). The van der Waals surface area contributed by atoms with Crippen molar-refractivity contribution in [1.29, 1.82) is 0 Å². The average Bonchev–Trinajstić information content (AvgIpc) is 3.93. The van der Waals surface area contributed by atoms with E-state index in [1.165, 1.54) is 11.1 Å². The predicted molar refractivity (Wildman–Crippen MR) is 262 cm³/mol. The van der Waals surface area contributed by atoms with E-state index in [1.807, 2.05) is 12.1 Å². The van der Waals surface area contributed by atoms with Gasteiger partial charge in [0.15, 0.2) is 0 Å². The van der Waals surface area contributed by atoms with Crippen molar-refractivity contribution in [2.45, 2.75) is 79.3 Å². The maximum Gasteiger partial charge on any atom is 0.120 e. The summed E-state index contributed by atoms with van der Waals surface area (Å²) >= 11 is 0. The molecule has 6 aromatic carbocycles. The number of hydrogen-bond acceptors (Lipinski definition) is 4. The van der Waals surface area contributed by atoms with E-state index in [9.17, 15) is 0 Å². The first-order valence-electron chi connectivity index (χ1n) is 21.7. The number of aryl methyl sites for hydroxylation is 2. The molecule has 0 amide bonds. The van der Waals surface area contributed by atoms with Crippen molar-refractivity contribution in [3.05, 3.63) is 118 Å². The molecule has 0 radical (unpaired) electrons. The van der Waals surface area contributed by atoms with Gasteiger partial charge in [-0.15, -0.1) is 0 Å². The lowest BCUT2D eigenvalue weighted by molar-refractivity contribution is 0.415. The Balaban J connectivity index is 1.30. The molecular weight excluding hydrogens is 779 g/mol. The average molecular weight is 834 g/mol. The quantitative estimate of drug-likeness (QED) is 0.170. The van der Waals surface area contributed by atoms with E-state index < -0.39 is 0 Å². The van der Waals surface area contributed by atoms with Crippen LogP contribution in [0.4, 0.5) is 0 Å². The minimum atomic E-state index is -0.130. The van der Waals surface area contributed by atoms with Gasteiger partial charge in [0, 0.05) is 67.6 Å². The zero-order chi connectivity index (χ0) is 44.5. The van der Waals surface area contributed by atoms with E-state index in [0.29, 0.717) is 0 Å². The van der Waals surface area contributed by atoms with Gasteiger partial charge in [0.25, 0.3) is 0 Å². The monoisotopic (exact) mass is 833 g/mol. The number of aromatic amines is 1. The molecule has 318 valence electrons. The maximum atomic E-state index is 5.88. The summed E-state index contributed by atoms with van der Waals surface area (Å²) in [5, 5.41) is 6.64. The Bertz CT molecular complexity index is 3220. The second-order valence-electron chi connectivity index (χ2n) is 18.4. The van der Waals surface area contributed by atoms with Crippen molar-refractivity contribution in [2.24, 2.45) is 0 Å². The number of H-pyrrole nitrogens is 1. The fourth-order valence-electron chi connectivity index (χ4n) is 9.15. The highest BCUT2D eigenvalue weighted by Gasteiger charge is 2.23. The van der Waals surface area contributed by atoms with E-state index in [0.717, 1.165) is 124 Å². The van der Waals surface area contributed by atoms with Crippen molar-refractivity contribution in [2.75, 3.05) is 28.4 Å². The molecule has 1 N–H and O–H groups in total. The van der Waals surface area contributed by atoms with Gasteiger partial charge in [-0.1, -0.05) is 65.2 Å². The third kappa shape index (κ3) is 6.97. The van der Waals surface area contributed by atoms with E-state index in [2.05, 4.69) is 166 Å². The Morgan fingerprint density at radius 3 is 1.14 bits per heavy atom. The van der Waals surface area contributed by atoms with Crippen LogP contribution in [0.1, 0.15) is 88.8 Å². The highest BCUT2D eigenvalue weighted by atomic mass is 16.5. The van der Waals surface area contributed by atoms with Gasteiger partial charge in [-0.25, -0.2) is 0 Å². The molecule has 0 aliphatic rings. The van der Waals surface area contributed by atoms with Gasteiger partial charge in [-0.05, 0) is 121 Å². The molecule has 0 bridgehead atoms. The van der Waals surface area contributed by atoms with E-state index >= 15 is 0 Å². The molecule has 0 saturated heterocycles. The molecule has 3 heterocycles. The summed E-state index contributed by atoms with van der Waals surface area (Å²) in [6.07, 6.45) is 0. The molecule has 0 unspecified atom stereocenters. The van der Waals surface area contributed by atoms with Crippen LogP contribution in [-0.2, 0) is 23.9 Å². The van der Waals surface area contributed by atoms with Crippen LogP contribution in [0, 0.1) is 23.7 Å². The lowest BCUT2D eigenvalue weighted by Gasteiger charge is -2.20. The van der Waals surface area contributed by atoms with Crippen LogP contribution in [0.15, 0.2) is 84.9 Å². The van der Waals surface area contributed by atoms with E-state index in [4.69, 9.17) is 18.9 Å². The fraction of sp³-hybridized carbons (Fsp3) is 0.286. The van der Waals surface area contributed by atoms with Crippen LogP contribution in [0.2, 0.25) is 0 Å². The van der Waals surface area contributed by atoms with Crippen LogP contribution in [0.3, 0.4) is 0 Å². The molecule has 3 aromatic heterocycles. The van der Waals surface area contributed by atoms with Gasteiger partial charge in [0.2, 0.25) is 0 Å². The van der Waals surface area contributed by atoms with Gasteiger partial charge in [-0.2, -0.15) is 0 Å². The summed E-state index contributed by atoms with van der Waals surface area (Å²) in [6, 6.07) is 30.0. The van der Waals surface area contributed by atoms with E-state index in [-0.39, 0.29) is 10.8 Å². The zero-order valence-corrected chi connectivity index (χ0v) is 38.5. The van der Waals surface area contributed by atoms with Gasteiger partial charge in [0.1, 0.15) is 23.0 Å². The third-order valence-electron chi connectivity index (χ3n) is 12.6. The van der Waals surface area contributed by atoms with Crippen molar-refractivity contribution >= 4 is 65.4 Å².